The Labute approximate surface area is 115 Å². The number of hydrogen-bond donors (Lipinski definition) is 2. The first-order valence-corrected chi connectivity index (χ1v) is 6.44. The molecule has 1 fully saturated rings. The number of amides is 2. The van der Waals surface area contributed by atoms with Crippen molar-refractivity contribution in [2.24, 2.45) is 7.05 Å². The van der Waals surface area contributed by atoms with Gasteiger partial charge in [0.1, 0.15) is 11.9 Å². The van der Waals surface area contributed by atoms with E-state index in [4.69, 9.17) is 0 Å². The maximum Gasteiger partial charge on any atom is 0.249 e. The van der Waals surface area contributed by atoms with E-state index in [1.807, 2.05) is 24.6 Å². The fraction of sp³-hybridized carbons (Fsp3) is 0.385. The van der Waals surface area contributed by atoms with E-state index in [1.54, 1.807) is 6.20 Å². The Hall–Kier alpha value is -2.44. The first-order valence-electron chi connectivity index (χ1n) is 6.44. The maximum absolute atomic E-state index is 11.7. The van der Waals surface area contributed by atoms with E-state index in [0.717, 1.165) is 17.0 Å². The van der Waals surface area contributed by atoms with E-state index in [1.165, 1.54) is 0 Å². The summed E-state index contributed by atoms with van der Waals surface area (Å²) < 4.78 is 1.94. The van der Waals surface area contributed by atoms with Crippen molar-refractivity contribution in [2.45, 2.75) is 25.8 Å². The number of piperidine rings is 1. The van der Waals surface area contributed by atoms with Gasteiger partial charge in [-0.2, -0.15) is 0 Å². The Morgan fingerprint density at radius 3 is 3.00 bits per heavy atom. The number of imidazole rings is 1. The van der Waals surface area contributed by atoms with Crippen molar-refractivity contribution in [2.75, 3.05) is 5.32 Å². The molecule has 0 spiro atoms. The van der Waals surface area contributed by atoms with Crippen LogP contribution in [0.4, 0.5) is 5.69 Å². The minimum absolute atomic E-state index is 0.219. The number of nitrogens with one attached hydrogen (secondary N) is 2. The second-order valence-corrected chi connectivity index (χ2v) is 4.93. The predicted octanol–water partition coefficient (Wildman–Crippen LogP) is 0.494. The van der Waals surface area contributed by atoms with Gasteiger partial charge in [-0.3, -0.25) is 14.9 Å². The highest BCUT2D eigenvalue weighted by Crippen LogP contribution is 2.19. The first-order chi connectivity index (χ1) is 9.54. The molecular weight excluding hydrogens is 258 g/mol. The summed E-state index contributed by atoms with van der Waals surface area (Å²) in [5.41, 5.74) is 2.33. The number of nitrogens with zero attached hydrogens (tertiary/aromatic N) is 3. The number of hydrogen-bond acceptors (Lipinski definition) is 5. The summed E-state index contributed by atoms with van der Waals surface area (Å²) in [6.45, 7) is 1.91. The molecule has 1 aliphatic rings. The van der Waals surface area contributed by atoms with Crippen molar-refractivity contribution in [1.29, 1.82) is 0 Å². The summed E-state index contributed by atoms with van der Waals surface area (Å²) in [6.07, 6.45) is 2.50. The lowest BCUT2D eigenvalue weighted by Crippen LogP contribution is -2.47. The number of imide groups is 1. The van der Waals surface area contributed by atoms with Gasteiger partial charge in [0.15, 0.2) is 5.65 Å². The monoisotopic (exact) mass is 273 g/mol. The molecule has 2 aromatic heterocycles. The molecule has 1 aliphatic heterocycles. The molecule has 1 saturated heterocycles. The van der Waals surface area contributed by atoms with Gasteiger partial charge in [-0.15, -0.1) is 0 Å². The topological polar surface area (TPSA) is 88.9 Å². The van der Waals surface area contributed by atoms with Gasteiger partial charge >= 0.3 is 0 Å². The van der Waals surface area contributed by atoms with Crippen LogP contribution in [0.15, 0.2) is 12.3 Å². The SMILES string of the molecule is Cc1nc2ncc(NC3CCC(=O)NC3=O)cc2n1C. The Bertz CT molecular complexity index is 706. The van der Waals surface area contributed by atoms with Crippen LogP contribution in [0.2, 0.25) is 0 Å². The fourth-order valence-electron chi connectivity index (χ4n) is 2.29. The molecule has 1 atom stereocenters. The van der Waals surface area contributed by atoms with Gasteiger partial charge in [-0.25, -0.2) is 9.97 Å². The van der Waals surface area contributed by atoms with Gasteiger partial charge < -0.3 is 9.88 Å². The van der Waals surface area contributed by atoms with Gasteiger partial charge in [0.2, 0.25) is 11.8 Å². The van der Waals surface area contributed by atoms with Crippen molar-refractivity contribution >= 4 is 28.7 Å². The molecule has 0 aromatic carbocycles. The zero-order valence-corrected chi connectivity index (χ0v) is 11.3. The van der Waals surface area contributed by atoms with Crippen LogP contribution < -0.4 is 10.6 Å². The average molecular weight is 273 g/mol. The fourth-order valence-corrected chi connectivity index (χ4v) is 2.29. The summed E-state index contributed by atoms with van der Waals surface area (Å²) in [4.78, 5) is 31.4. The first kappa shape index (κ1) is 12.6. The molecule has 7 heteroatoms. The van der Waals surface area contributed by atoms with E-state index in [2.05, 4.69) is 20.6 Å². The minimum Gasteiger partial charge on any atom is -0.372 e. The number of pyridine rings is 1. The summed E-state index contributed by atoms with van der Waals surface area (Å²) >= 11 is 0. The van der Waals surface area contributed by atoms with Crippen LogP contribution in [0, 0.1) is 6.92 Å². The smallest absolute Gasteiger partial charge is 0.249 e. The molecule has 2 N–H and O–H groups in total. The second-order valence-electron chi connectivity index (χ2n) is 4.93. The summed E-state index contributed by atoms with van der Waals surface area (Å²) in [5.74, 6) is 0.372. The molecule has 2 amide bonds. The van der Waals surface area contributed by atoms with Crippen LogP contribution in [-0.2, 0) is 16.6 Å². The molecule has 3 rings (SSSR count). The van der Waals surface area contributed by atoms with Gasteiger partial charge in [0.25, 0.3) is 0 Å². The molecular formula is C13H15N5O2. The predicted molar refractivity (Wildman–Crippen MR) is 73.0 cm³/mol. The number of carbonyl (C=O) groups is 2. The standard InChI is InChI=1S/C13H15N5O2/c1-7-15-12-10(18(7)2)5-8(6-14-12)16-9-3-4-11(19)17-13(9)20/h5-6,9,16H,3-4H2,1-2H3,(H,17,19,20). The van der Waals surface area contributed by atoms with Crippen LogP contribution >= 0.6 is 0 Å². The van der Waals surface area contributed by atoms with Crippen molar-refractivity contribution in [3.63, 3.8) is 0 Å². The molecule has 0 radical (unpaired) electrons. The van der Waals surface area contributed by atoms with Gasteiger partial charge in [0, 0.05) is 13.5 Å². The van der Waals surface area contributed by atoms with E-state index in [-0.39, 0.29) is 11.8 Å². The lowest BCUT2D eigenvalue weighted by molar-refractivity contribution is -0.133. The lowest BCUT2D eigenvalue weighted by Gasteiger charge is -2.22. The summed E-state index contributed by atoms with van der Waals surface area (Å²) in [6, 6.07) is 1.51. The molecule has 20 heavy (non-hydrogen) atoms. The Balaban J connectivity index is 1.86. The van der Waals surface area contributed by atoms with E-state index < -0.39 is 6.04 Å². The maximum atomic E-state index is 11.7. The molecule has 3 heterocycles. The number of rotatable bonds is 2. The largest absolute Gasteiger partial charge is 0.372 e. The van der Waals surface area contributed by atoms with Crippen LogP contribution in [0.3, 0.4) is 0 Å². The van der Waals surface area contributed by atoms with E-state index >= 15 is 0 Å². The second kappa shape index (κ2) is 4.59. The number of aromatic nitrogens is 3. The van der Waals surface area contributed by atoms with Crippen LogP contribution in [0.1, 0.15) is 18.7 Å². The van der Waals surface area contributed by atoms with Gasteiger partial charge in [-0.1, -0.05) is 0 Å². The third-order valence-corrected chi connectivity index (χ3v) is 3.54. The number of anilines is 1. The van der Waals surface area contributed by atoms with Crippen molar-refractivity contribution in [3.05, 3.63) is 18.1 Å². The van der Waals surface area contributed by atoms with Crippen LogP contribution in [0.25, 0.3) is 11.2 Å². The highest BCUT2D eigenvalue weighted by atomic mass is 16.2. The quantitative estimate of drug-likeness (QED) is 0.777. The third kappa shape index (κ3) is 2.11. The third-order valence-electron chi connectivity index (χ3n) is 3.54. The molecule has 1 unspecified atom stereocenters. The average Bonchev–Trinajstić information content (AvgIpc) is 2.69. The van der Waals surface area contributed by atoms with Crippen LogP contribution in [0.5, 0.6) is 0 Å². The van der Waals surface area contributed by atoms with Crippen LogP contribution in [-0.4, -0.2) is 32.4 Å². The summed E-state index contributed by atoms with van der Waals surface area (Å²) in [5, 5.41) is 5.44. The Kier molecular flexibility index (Phi) is 2.89. The van der Waals surface area contributed by atoms with Crippen molar-refractivity contribution in [1.82, 2.24) is 19.9 Å². The zero-order chi connectivity index (χ0) is 14.3. The van der Waals surface area contributed by atoms with Crippen molar-refractivity contribution in [3.8, 4) is 0 Å². The molecule has 0 saturated carbocycles. The molecule has 0 bridgehead atoms. The Morgan fingerprint density at radius 1 is 1.45 bits per heavy atom. The van der Waals surface area contributed by atoms with Crippen molar-refractivity contribution < 1.29 is 9.59 Å². The number of aryl methyl sites for hydroxylation is 2. The molecule has 104 valence electrons. The highest BCUT2D eigenvalue weighted by Gasteiger charge is 2.26. The zero-order valence-electron chi connectivity index (χ0n) is 11.3. The van der Waals surface area contributed by atoms with E-state index in [0.29, 0.717) is 18.5 Å². The number of fused-ring (bicyclic) bond motifs is 1. The van der Waals surface area contributed by atoms with Gasteiger partial charge in [-0.05, 0) is 19.4 Å². The summed E-state index contributed by atoms with van der Waals surface area (Å²) in [7, 11) is 1.92. The van der Waals surface area contributed by atoms with E-state index in [9.17, 15) is 9.59 Å². The lowest BCUT2D eigenvalue weighted by atomic mass is 10.1. The normalized spacial score (nSPS) is 19.2. The number of carbonyl (C=O) groups excluding carboxylic acids is 2. The molecule has 2 aromatic rings. The Morgan fingerprint density at radius 2 is 2.25 bits per heavy atom. The molecule has 0 aliphatic carbocycles. The minimum atomic E-state index is -0.402. The highest BCUT2D eigenvalue weighted by molar-refractivity contribution is 6.01. The van der Waals surface area contributed by atoms with Gasteiger partial charge in [0.05, 0.1) is 17.4 Å². The molecule has 7 nitrogen and oxygen atoms in total.